The molecule has 0 saturated heterocycles. The number of ether oxygens (including phenoxy) is 1. The lowest BCUT2D eigenvalue weighted by atomic mass is 10.1. The van der Waals surface area contributed by atoms with Crippen LogP contribution in [0.5, 0.6) is 5.75 Å². The quantitative estimate of drug-likeness (QED) is 0.192. The van der Waals surface area contributed by atoms with Crippen molar-refractivity contribution in [3.8, 4) is 5.75 Å². The summed E-state index contributed by atoms with van der Waals surface area (Å²) in [5, 5.41) is 9.26. The van der Waals surface area contributed by atoms with E-state index in [4.69, 9.17) is 4.74 Å². The van der Waals surface area contributed by atoms with Gasteiger partial charge in [-0.1, -0.05) is 18.2 Å². The van der Waals surface area contributed by atoms with Crippen molar-refractivity contribution in [1.29, 1.82) is 0 Å². The topological polar surface area (TPSA) is 95.1 Å². The number of carbonyl (C=O) groups excluding carboxylic acids is 2. The van der Waals surface area contributed by atoms with Gasteiger partial charge in [-0.2, -0.15) is 0 Å². The Morgan fingerprint density at radius 3 is 2.28 bits per heavy atom. The highest BCUT2D eigenvalue weighted by molar-refractivity contribution is 14.0. The second kappa shape index (κ2) is 14.3. The van der Waals surface area contributed by atoms with E-state index >= 15 is 0 Å². The Balaban J connectivity index is 0.00000512. The molecule has 0 aliphatic rings. The van der Waals surface area contributed by atoms with Crippen LogP contribution in [0, 0.1) is 0 Å². The number of hydrogen-bond donors (Lipinski definition) is 3. The number of benzene rings is 2. The van der Waals surface area contributed by atoms with Crippen LogP contribution in [0.2, 0.25) is 0 Å². The fourth-order valence-corrected chi connectivity index (χ4v) is 2.75. The Labute approximate surface area is 206 Å². The molecule has 32 heavy (non-hydrogen) atoms. The lowest BCUT2D eigenvalue weighted by Crippen LogP contribution is -2.41. The summed E-state index contributed by atoms with van der Waals surface area (Å²) in [6.45, 7) is 4.16. The van der Waals surface area contributed by atoms with Crippen molar-refractivity contribution in [2.45, 2.75) is 13.5 Å². The molecule has 2 aromatic rings. The normalized spacial score (nSPS) is 10.6. The first-order valence-corrected chi connectivity index (χ1v) is 10.2. The molecule has 0 fully saturated rings. The van der Waals surface area contributed by atoms with E-state index in [9.17, 15) is 9.59 Å². The van der Waals surface area contributed by atoms with E-state index < -0.39 is 0 Å². The molecular weight excluding hydrogens is 521 g/mol. The number of amides is 2. The average molecular weight is 553 g/mol. The van der Waals surface area contributed by atoms with Gasteiger partial charge in [0.05, 0.1) is 13.7 Å². The Bertz CT molecular complexity index is 901. The summed E-state index contributed by atoms with van der Waals surface area (Å²) >= 11 is 0. The number of nitrogens with one attached hydrogen (secondary N) is 3. The van der Waals surface area contributed by atoms with Crippen LogP contribution >= 0.6 is 24.0 Å². The predicted octanol–water partition coefficient (Wildman–Crippen LogP) is 2.50. The summed E-state index contributed by atoms with van der Waals surface area (Å²) in [6, 6.07) is 14.4. The molecule has 0 heterocycles. The first-order valence-electron chi connectivity index (χ1n) is 10.2. The number of aliphatic imine (C=N–C) groups is 1. The predicted molar refractivity (Wildman–Crippen MR) is 138 cm³/mol. The Hall–Kier alpha value is -2.82. The van der Waals surface area contributed by atoms with Crippen LogP contribution in [-0.4, -0.2) is 63.5 Å². The van der Waals surface area contributed by atoms with Crippen LogP contribution < -0.4 is 20.7 Å². The van der Waals surface area contributed by atoms with E-state index in [1.807, 2.05) is 31.2 Å². The molecule has 0 aromatic heterocycles. The highest BCUT2D eigenvalue weighted by Gasteiger charge is 2.08. The summed E-state index contributed by atoms with van der Waals surface area (Å²) in [6.07, 6.45) is 0. The molecule has 9 heteroatoms. The standard InChI is InChI=1S/C23H31N5O3.HI/c1-5-24-23(27-16-17-9-11-18(12-10-17)22(30)28(2)3)26-14-13-25-21(29)19-7-6-8-20(15-19)31-4;/h6-12,15H,5,13-14,16H2,1-4H3,(H,25,29)(H2,24,26,27);1H. The molecule has 0 unspecified atom stereocenters. The van der Waals surface area contributed by atoms with Gasteiger partial charge in [0, 0.05) is 44.9 Å². The van der Waals surface area contributed by atoms with Gasteiger partial charge in [-0.05, 0) is 42.8 Å². The third-order valence-electron chi connectivity index (χ3n) is 4.41. The molecule has 0 aliphatic heterocycles. The molecular formula is C23H32IN5O3. The molecule has 0 aliphatic carbocycles. The zero-order valence-corrected chi connectivity index (χ0v) is 21.3. The molecule has 2 aromatic carbocycles. The number of methoxy groups -OCH3 is 1. The molecule has 0 spiro atoms. The second-order valence-electron chi connectivity index (χ2n) is 7.01. The molecule has 8 nitrogen and oxygen atoms in total. The first-order chi connectivity index (χ1) is 14.9. The number of hydrogen-bond acceptors (Lipinski definition) is 4. The first kappa shape index (κ1) is 27.2. The zero-order valence-electron chi connectivity index (χ0n) is 19.0. The highest BCUT2D eigenvalue weighted by atomic mass is 127. The number of halogens is 1. The van der Waals surface area contributed by atoms with Crippen LogP contribution in [0.1, 0.15) is 33.2 Å². The van der Waals surface area contributed by atoms with Crippen molar-refractivity contribution in [3.63, 3.8) is 0 Å². The van der Waals surface area contributed by atoms with Crippen LogP contribution in [0.4, 0.5) is 0 Å². The van der Waals surface area contributed by atoms with Crippen LogP contribution in [0.3, 0.4) is 0 Å². The fourth-order valence-electron chi connectivity index (χ4n) is 2.75. The number of carbonyl (C=O) groups is 2. The Morgan fingerprint density at radius 2 is 1.66 bits per heavy atom. The zero-order chi connectivity index (χ0) is 22.6. The van der Waals surface area contributed by atoms with Crippen LogP contribution in [0.15, 0.2) is 53.5 Å². The maximum absolute atomic E-state index is 12.2. The average Bonchev–Trinajstić information content (AvgIpc) is 2.79. The third kappa shape index (κ3) is 8.74. The van der Waals surface area contributed by atoms with Gasteiger partial charge < -0.3 is 25.6 Å². The third-order valence-corrected chi connectivity index (χ3v) is 4.41. The Morgan fingerprint density at radius 1 is 0.969 bits per heavy atom. The molecule has 0 radical (unpaired) electrons. The molecule has 0 saturated carbocycles. The van der Waals surface area contributed by atoms with Crippen LogP contribution in [0.25, 0.3) is 0 Å². The largest absolute Gasteiger partial charge is 0.497 e. The maximum Gasteiger partial charge on any atom is 0.253 e. The molecule has 3 N–H and O–H groups in total. The fraction of sp³-hybridized carbons (Fsp3) is 0.348. The highest BCUT2D eigenvalue weighted by Crippen LogP contribution is 2.12. The minimum atomic E-state index is -0.157. The van der Waals surface area contributed by atoms with Crippen molar-refractivity contribution >= 4 is 41.8 Å². The number of guanidine groups is 1. The minimum absolute atomic E-state index is 0. The number of rotatable bonds is 9. The van der Waals surface area contributed by atoms with Gasteiger partial charge in [0.2, 0.25) is 0 Å². The van der Waals surface area contributed by atoms with Crippen LogP contribution in [-0.2, 0) is 6.54 Å². The van der Waals surface area contributed by atoms with Crippen molar-refractivity contribution < 1.29 is 14.3 Å². The summed E-state index contributed by atoms with van der Waals surface area (Å²) in [4.78, 5) is 30.3. The van der Waals surface area contributed by atoms with E-state index in [2.05, 4.69) is 20.9 Å². The number of nitrogens with zero attached hydrogens (tertiary/aromatic N) is 2. The molecule has 0 atom stereocenters. The monoisotopic (exact) mass is 553 g/mol. The SMILES string of the molecule is CCNC(=NCc1ccc(C(=O)N(C)C)cc1)NCCNC(=O)c1cccc(OC)c1.I. The van der Waals surface area contributed by atoms with E-state index in [-0.39, 0.29) is 35.8 Å². The van der Waals surface area contributed by atoms with Gasteiger partial charge in [-0.25, -0.2) is 4.99 Å². The van der Waals surface area contributed by atoms with Crippen molar-refractivity contribution in [3.05, 3.63) is 65.2 Å². The van der Waals surface area contributed by atoms with Crippen molar-refractivity contribution in [1.82, 2.24) is 20.9 Å². The van der Waals surface area contributed by atoms with Gasteiger partial charge in [-0.3, -0.25) is 9.59 Å². The molecule has 2 amide bonds. The van der Waals surface area contributed by atoms with E-state index in [0.717, 1.165) is 12.1 Å². The smallest absolute Gasteiger partial charge is 0.253 e. The minimum Gasteiger partial charge on any atom is -0.497 e. The van der Waals surface area contributed by atoms with E-state index in [0.29, 0.717) is 42.5 Å². The summed E-state index contributed by atoms with van der Waals surface area (Å²) in [5.74, 6) is 1.12. The summed E-state index contributed by atoms with van der Waals surface area (Å²) in [7, 11) is 5.03. The Kier molecular flexibility index (Phi) is 12.1. The van der Waals surface area contributed by atoms with Gasteiger partial charge in [0.25, 0.3) is 11.8 Å². The summed E-state index contributed by atoms with van der Waals surface area (Å²) in [5.41, 5.74) is 2.20. The van der Waals surface area contributed by atoms with Gasteiger partial charge >= 0.3 is 0 Å². The van der Waals surface area contributed by atoms with Gasteiger partial charge in [0.15, 0.2) is 5.96 Å². The molecule has 0 bridgehead atoms. The molecule has 2 rings (SSSR count). The van der Waals surface area contributed by atoms with Gasteiger partial charge in [0.1, 0.15) is 5.75 Å². The van der Waals surface area contributed by atoms with Crippen molar-refractivity contribution in [2.75, 3.05) is 40.8 Å². The lowest BCUT2D eigenvalue weighted by molar-refractivity contribution is 0.0827. The molecule has 174 valence electrons. The van der Waals surface area contributed by atoms with E-state index in [1.165, 1.54) is 0 Å². The van der Waals surface area contributed by atoms with E-state index in [1.54, 1.807) is 50.4 Å². The van der Waals surface area contributed by atoms with Gasteiger partial charge in [-0.15, -0.1) is 24.0 Å². The lowest BCUT2D eigenvalue weighted by Gasteiger charge is -2.12. The maximum atomic E-state index is 12.2. The van der Waals surface area contributed by atoms with Crippen molar-refractivity contribution in [2.24, 2.45) is 4.99 Å². The summed E-state index contributed by atoms with van der Waals surface area (Å²) < 4.78 is 5.15. The second-order valence-corrected chi connectivity index (χ2v) is 7.01.